The smallest absolute Gasteiger partial charge is 0.143 e. The average molecular weight is 614 g/mol. The standard InChI is InChI=1S/C46H31NO/c1-3-11-32(12-4-1)33-21-23-34(24-22-33)35-25-28-39(29-26-35)47(38-15-5-2-6-16-38)40-17-9-14-37(31-40)41-19-10-20-44-45(41)43-30-27-36-13-7-8-18-42(36)46(43)48-44/h1-31H. The summed E-state index contributed by atoms with van der Waals surface area (Å²) in [6.45, 7) is 0. The summed E-state index contributed by atoms with van der Waals surface area (Å²) in [5, 5.41) is 4.60. The van der Waals surface area contributed by atoms with E-state index in [1.807, 2.05) is 0 Å². The molecule has 1 aromatic heterocycles. The minimum atomic E-state index is 0.900. The molecule has 0 aliphatic rings. The lowest BCUT2D eigenvalue weighted by atomic mass is 9.97. The lowest BCUT2D eigenvalue weighted by Crippen LogP contribution is -2.09. The molecule has 2 heteroatoms. The van der Waals surface area contributed by atoms with Gasteiger partial charge in [0, 0.05) is 33.2 Å². The molecule has 2 nitrogen and oxygen atoms in total. The lowest BCUT2D eigenvalue weighted by Gasteiger charge is -2.26. The lowest BCUT2D eigenvalue weighted by molar-refractivity contribution is 0.673. The average Bonchev–Trinajstić information content (AvgIpc) is 3.56. The Balaban J connectivity index is 1.11. The van der Waals surface area contributed by atoms with Gasteiger partial charge in [-0.25, -0.2) is 0 Å². The summed E-state index contributed by atoms with van der Waals surface area (Å²) >= 11 is 0. The number of fused-ring (bicyclic) bond motifs is 5. The second-order valence-electron chi connectivity index (χ2n) is 12.2. The van der Waals surface area contributed by atoms with Crippen LogP contribution < -0.4 is 4.90 Å². The predicted molar refractivity (Wildman–Crippen MR) is 202 cm³/mol. The van der Waals surface area contributed by atoms with Crippen molar-refractivity contribution in [1.82, 2.24) is 0 Å². The van der Waals surface area contributed by atoms with Crippen LogP contribution in [-0.4, -0.2) is 0 Å². The van der Waals surface area contributed by atoms with Crippen molar-refractivity contribution in [1.29, 1.82) is 0 Å². The summed E-state index contributed by atoms with van der Waals surface area (Å²) in [5.74, 6) is 0. The monoisotopic (exact) mass is 613 g/mol. The number of anilines is 3. The molecule has 0 fully saturated rings. The van der Waals surface area contributed by atoms with Gasteiger partial charge in [0.1, 0.15) is 11.2 Å². The van der Waals surface area contributed by atoms with Gasteiger partial charge in [0.25, 0.3) is 0 Å². The van der Waals surface area contributed by atoms with Crippen LogP contribution >= 0.6 is 0 Å². The van der Waals surface area contributed by atoms with Gasteiger partial charge in [-0.15, -0.1) is 0 Å². The van der Waals surface area contributed by atoms with Crippen molar-refractivity contribution in [3.63, 3.8) is 0 Å². The summed E-state index contributed by atoms with van der Waals surface area (Å²) in [7, 11) is 0. The van der Waals surface area contributed by atoms with Crippen molar-refractivity contribution < 1.29 is 4.42 Å². The molecule has 48 heavy (non-hydrogen) atoms. The van der Waals surface area contributed by atoms with Crippen LogP contribution in [0.15, 0.2) is 192 Å². The maximum Gasteiger partial charge on any atom is 0.143 e. The number of rotatable bonds is 6. The Morgan fingerprint density at radius 3 is 1.67 bits per heavy atom. The highest BCUT2D eigenvalue weighted by molar-refractivity contribution is 6.19. The van der Waals surface area contributed by atoms with Crippen molar-refractivity contribution in [2.75, 3.05) is 4.90 Å². The Hall–Kier alpha value is -6.38. The van der Waals surface area contributed by atoms with E-state index in [2.05, 4.69) is 193 Å². The van der Waals surface area contributed by atoms with Gasteiger partial charge in [-0.1, -0.05) is 140 Å². The SMILES string of the molecule is c1ccc(-c2ccc(-c3ccc(N(c4ccccc4)c4cccc(-c5cccc6oc7c8ccccc8ccc7c56)c4)cc3)cc2)cc1. The molecule has 0 aliphatic heterocycles. The largest absolute Gasteiger partial charge is 0.455 e. The highest BCUT2D eigenvalue weighted by atomic mass is 16.3. The first kappa shape index (κ1) is 27.9. The Kier molecular flexibility index (Phi) is 6.84. The van der Waals surface area contributed by atoms with Crippen LogP contribution in [0, 0.1) is 0 Å². The van der Waals surface area contributed by atoms with E-state index in [1.165, 1.54) is 27.6 Å². The fourth-order valence-electron chi connectivity index (χ4n) is 6.92. The maximum absolute atomic E-state index is 6.51. The van der Waals surface area contributed by atoms with Gasteiger partial charge in [-0.3, -0.25) is 0 Å². The number of hydrogen-bond acceptors (Lipinski definition) is 2. The zero-order chi connectivity index (χ0) is 31.9. The second kappa shape index (κ2) is 11.8. The van der Waals surface area contributed by atoms with Gasteiger partial charge in [0.15, 0.2) is 0 Å². The molecule has 0 spiro atoms. The van der Waals surface area contributed by atoms with Crippen molar-refractivity contribution in [2.45, 2.75) is 0 Å². The minimum Gasteiger partial charge on any atom is -0.455 e. The quantitative estimate of drug-likeness (QED) is 0.185. The van der Waals surface area contributed by atoms with Crippen LogP contribution in [0.3, 0.4) is 0 Å². The third-order valence-corrected chi connectivity index (χ3v) is 9.27. The third-order valence-electron chi connectivity index (χ3n) is 9.27. The van der Waals surface area contributed by atoms with E-state index < -0.39 is 0 Å². The Morgan fingerprint density at radius 2 is 0.917 bits per heavy atom. The second-order valence-corrected chi connectivity index (χ2v) is 12.2. The summed E-state index contributed by atoms with van der Waals surface area (Å²) in [6, 6.07) is 66.8. The topological polar surface area (TPSA) is 16.4 Å². The van der Waals surface area contributed by atoms with E-state index in [4.69, 9.17) is 4.42 Å². The van der Waals surface area contributed by atoms with Gasteiger partial charge in [-0.2, -0.15) is 0 Å². The van der Waals surface area contributed by atoms with Crippen molar-refractivity contribution in [2.24, 2.45) is 0 Å². The van der Waals surface area contributed by atoms with E-state index in [9.17, 15) is 0 Å². The van der Waals surface area contributed by atoms with E-state index in [0.29, 0.717) is 0 Å². The van der Waals surface area contributed by atoms with Gasteiger partial charge >= 0.3 is 0 Å². The highest BCUT2D eigenvalue weighted by Crippen LogP contribution is 2.42. The summed E-state index contributed by atoms with van der Waals surface area (Å²) in [6.07, 6.45) is 0. The van der Waals surface area contributed by atoms with Gasteiger partial charge in [0.2, 0.25) is 0 Å². The molecule has 1 heterocycles. The van der Waals surface area contributed by atoms with E-state index in [1.54, 1.807) is 0 Å². The van der Waals surface area contributed by atoms with Crippen molar-refractivity contribution in [3.8, 4) is 33.4 Å². The first-order valence-corrected chi connectivity index (χ1v) is 16.3. The van der Waals surface area contributed by atoms with E-state index in [0.717, 1.165) is 55.5 Å². The van der Waals surface area contributed by atoms with E-state index in [-0.39, 0.29) is 0 Å². The summed E-state index contributed by atoms with van der Waals surface area (Å²) in [5.41, 5.74) is 12.3. The van der Waals surface area contributed by atoms with Gasteiger partial charge < -0.3 is 9.32 Å². The zero-order valence-corrected chi connectivity index (χ0v) is 26.3. The van der Waals surface area contributed by atoms with Crippen LogP contribution in [0.5, 0.6) is 0 Å². The Labute approximate surface area is 279 Å². The molecular weight excluding hydrogens is 583 g/mol. The molecule has 0 aliphatic carbocycles. The molecular formula is C46H31NO. The zero-order valence-electron chi connectivity index (χ0n) is 26.3. The molecule has 0 unspecified atom stereocenters. The highest BCUT2D eigenvalue weighted by Gasteiger charge is 2.17. The van der Waals surface area contributed by atoms with Crippen LogP contribution in [-0.2, 0) is 0 Å². The molecule has 0 saturated heterocycles. The van der Waals surface area contributed by atoms with Crippen LogP contribution in [0.2, 0.25) is 0 Å². The normalized spacial score (nSPS) is 11.3. The van der Waals surface area contributed by atoms with Crippen LogP contribution in [0.4, 0.5) is 17.1 Å². The van der Waals surface area contributed by atoms with Gasteiger partial charge in [0.05, 0.1) is 0 Å². The fourth-order valence-corrected chi connectivity index (χ4v) is 6.92. The van der Waals surface area contributed by atoms with Crippen LogP contribution in [0.25, 0.3) is 66.1 Å². The molecule has 0 bridgehead atoms. The predicted octanol–water partition coefficient (Wildman–Crippen LogP) is 13.2. The minimum absolute atomic E-state index is 0.900. The number of nitrogens with zero attached hydrogens (tertiary/aromatic N) is 1. The molecule has 8 aromatic carbocycles. The molecule has 0 saturated carbocycles. The molecule has 226 valence electrons. The molecule has 0 N–H and O–H groups in total. The molecule has 9 rings (SSSR count). The van der Waals surface area contributed by atoms with Gasteiger partial charge in [-0.05, 0) is 87.3 Å². The van der Waals surface area contributed by atoms with Crippen LogP contribution in [0.1, 0.15) is 0 Å². The first-order valence-electron chi connectivity index (χ1n) is 16.3. The number of benzene rings is 8. The maximum atomic E-state index is 6.51. The Morgan fingerprint density at radius 1 is 0.354 bits per heavy atom. The third kappa shape index (κ3) is 4.92. The summed E-state index contributed by atoms with van der Waals surface area (Å²) < 4.78 is 6.51. The molecule has 9 aromatic rings. The van der Waals surface area contributed by atoms with Crippen molar-refractivity contribution >= 4 is 49.8 Å². The summed E-state index contributed by atoms with van der Waals surface area (Å²) in [4.78, 5) is 2.33. The number of furan rings is 1. The van der Waals surface area contributed by atoms with E-state index >= 15 is 0 Å². The molecule has 0 radical (unpaired) electrons. The van der Waals surface area contributed by atoms with Crippen molar-refractivity contribution in [3.05, 3.63) is 188 Å². The Bertz CT molecular complexity index is 2530. The number of hydrogen-bond donors (Lipinski definition) is 0. The molecule has 0 atom stereocenters. The first-order chi connectivity index (χ1) is 23.8. The molecule has 0 amide bonds. The number of para-hydroxylation sites is 1. The fraction of sp³-hybridized carbons (Fsp3) is 0.